The lowest BCUT2D eigenvalue weighted by molar-refractivity contribution is -0.385. The number of ether oxygens (including phenoxy) is 1. The largest absolute Gasteiger partial charge is 0.381 e. The second-order valence-electron chi connectivity index (χ2n) is 5.81. The Balaban J connectivity index is 1.97. The van der Waals surface area contributed by atoms with Crippen molar-refractivity contribution in [3.05, 3.63) is 92.0 Å². The standard InChI is InChI=1S/C20H20N2O5/c1-3-15-5-7-19(21(23)24)17(13-15)9-11-27-12-10-18-14-16(4-2)6-8-20(18)22(25)26/h3-8,13-14H,1-2,9-12H2. The van der Waals surface area contributed by atoms with Crippen LogP contribution in [0.3, 0.4) is 0 Å². The molecule has 0 aliphatic carbocycles. The SMILES string of the molecule is C=Cc1ccc([N+](=O)[O-])c(CCOCCc2cc(C=C)ccc2[N+](=O)[O-])c1. The molecule has 140 valence electrons. The van der Waals surface area contributed by atoms with Gasteiger partial charge in [0, 0.05) is 36.1 Å². The van der Waals surface area contributed by atoms with Crippen LogP contribution in [0, 0.1) is 20.2 Å². The Kier molecular flexibility index (Phi) is 6.96. The molecule has 2 aromatic carbocycles. The van der Waals surface area contributed by atoms with Crippen LogP contribution in [0.4, 0.5) is 11.4 Å². The lowest BCUT2D eigenvalue weighted by Gasteiger charge is -2.07. The van der Waals surface area contributed by atoms with Gasteiger partial charge >= 0.3 is 0 Å². The molecule has 0 N–H and O–H groups in total. The summed E-state index contributed by atoms with van der Waals surface area (Å²) in [6.45, 7) is 7.87. The van der Waals surface area contributed by atoms with Gasteiger partial charge in [0.2, 0.25) is 0 Å². The van der Waals surface area contributed by atoms with Gasteiger partial charge in [0.15, 0.2) is 0 Å². The van der Waals surface area contributed by atoms with Gasteiger partial charge in [-0.25, -0.2) is 0 Å². The van der Waals surface area contributed by atoms with Crippen molar-refractivity contribution in [3.63, 3.8) is 0 Å². The molecule has 0 spiro atoms. The monoisotopic (exact) mass is 368 g/mol. The average Bonchev–Trinajstić information content (AvgIpc) is 2.66. The van der Waals surface area contributed by atoms with Crippen LogP contribution in [0.15, 0.2) is 49.6 Å². The summed E-state index contributed by atoms with van der Waals surface area (Å²) in [6, 6.07) is 9.62. The minimum Gasteiger partial charge on any atom is -0.381 e. The van der Waals surface area contributed by atoms with E-state index >= 15 is 0 Å². The molecule has 0 heterocycles. The Morgan fingerprint density at radius 3 is 1.56 bits per heavy atom. The highest BCUT2D eigenvalue weighted by molar-refractivity contribution is 5.54. The predicted molar refractivity (Wildman–Crippen MR) is 105 cm³/mol. The molecule has 7 heteroatoms. The first-order chi connectivity index (χ1) is 13.0. The first-order valence-corrected chi connectivity index (χ1v) is 8.33. The molecule has 0 saturated carbocycles. The second-order valence-corrected chi connectivity index (χ2v) is 5.81. The van der Waals surface area contributed by atoms with Crippen LogP contribution in [-0.4, -0.2) is 23.1 Å². The maximum absolute atomic E-state index is 11.1. The third kappa shape index (κ3) is 5.32. The maximum atomic E-state index is 11.1. The van der Waals surface area contributed by atoms with Crippen LogP contribution in [0.25, 0.3) is 12.2 Å². The zero-order valence-corrected chi connectivity index (χ0v) is 14.8. The number of hydrogen-bond acceptors (Lipinski definition) is 5. The Morgan fingerprint density at radius 2 is 1.22 bits per heavy atom. The van der Waals surface area contributed by atoms with Gasteiger partial charge in [-0.1, -0.05) is 25.3 Å². The molecule has 0 fully saturated rings. The first-order valence-electron chi connectivity index (χ1n) is 8.33. The number of rotatable bonds is 10. The highest BCUT2D eigenvalue weighted by Crippen LogP contribution is 2.23. The van der Waals surface area contributed by atoms with Crippen LogP contribution >= 0.6 is 0 Å². The van der Waals surface area contributed by atoms with Crippen molar-refractivity contribution in [2.24, 2.45) is 0 Å². The molecule has 0 unspecified atom stereocenters. The van der Waals surface area contributed by atoms with E-state index in [4.69, 9.17) is 4.74 Å². The molecule has 0 atom stereocenters. The quantitative estimate of drug-likeness (QED) is 0.347. The first kappa shape index (κ1) is 20.0. The molecule has 0 saturated heterocycles. The third-order valence-electron chi connectivity index (χ3n) is 4.10. The molecule has 27 heavy (non-hydrogen) atoms. The van der Waals surface area contributed by atoms with Gasteiger partial charge in [0.1, 0.15) is 0 Å². The van der Waals surface area contributed by atoms with Crippen LogP contribution in [-0.2, 0) is 17.6 Å². The smallest absolute Gasteiger partial charge is 0.272 e. The minimum absolute atomic E-state index is 0.0403. The van der Waals surface area contributed by atoms with Crippen LogP contribution < -0.4 is 0 Å². The topological polar surface area (TPSA) is 95.5 Å². The summed E-state index contributed by atoms with van der Waals surface area (Å²) in [5.41, 5.74) is 2.81. The van der Waals surface area contributed by atoms with Gasteiger partial charge in [0.25, 0.3) is 11.4 Å². The van der Waals surface area contributed by atoms with Gasteiger partial charge in [-0.15, -0.1) is 0 Å². The van der Waals surface area contributed by atoms with E-state index in [9.17, 15) is 20.2 Å². The van der Waals surface area contributed by atoms with Crippen LogP contribution in [0.5, 0.6) is 0 Å². The van der Waals surface area contributed by atoms with Crippen molar-refractivity contribution in [1.29, 1.82) is 0 Å². The zero-order valence-electron chi connectivity index (χ0n) is 14.8. The number of benzene rings is 2. The average molecular weight is 368 g/mol. The molecule has 0 bridgehead atoms. The Bertz CT molecular complexity index is 805. The van der Waals surface area contributed by atoms with E-state index < -0.39 is 9.85 Å². The number of hydrogen-bond donors (Lipinski definition) is 0. The summed E-state index contributed by atoms with van der Waals surface area (Å²) in [4.78, 5) is 21.4. The molecule has 7 nitrogen and oxygen atoms in total. The van der Waals surface area contributed by atoms with E-state index in [1.165, 1.54) is 12.1 Å². The number of nitrogens with zero attached hydrogens (tertiary/aromatic N) is 2. The molecule has 0 aliphatic rings. The summed E-state index contributed by atoms with van der Waals surface area (Å²) >= 11 is 0. The highest BCUT2D eigenvalue weighted by atomic mass is 16.6. The fourth-order valence-corrected chi connectivity index (χ4v) is 2.69. The normalized spacial score (nSPS) is 10.4. The van der Waals surface area contributed by atoms with E-state index in [1.54, 1.807) is 36.4 Å². The van der Waals surface area contributed by atoms with E-state index in [2.05, 4.69) is 13.2 Å². The van der Waals surface area contributed by atoms with E-state index in [-0.39, 0.29) is 24.6 Å². The summed E-state index contributed by atoms with van der Waals surface area (Å²) in [7, 11) is 0. The molecule has 0 aromatic heterocycles. The summed E-state index contributed by atoms with van der Waals surface area (Å²) in [6.07, 6.45) is 3.99. The lowest BCUT2D eigenvalue weighted by Crippen LogP contribution is -2.06. The molecule has 0 amide bonds. The molecular weight excluding hydrogens is 348 g/mol. The molecule has 2 aromatic rings. The summed E-state index contributed by atoms with van der Waals surface area (Å²) < 4.78 is 5.56. The van der Waals surface area contributed by atoms with Crippen molar-refractivity contribution in [3.8, 4) is 0 Å². The summed E-state index contributed by atoms with van der Waals surface area (Å²) in [5, 5.41) is 22.2. The van der Waals surface area contributed by atoms with Crippen molar-refractivity contribution in [1.82, 2.24) is 0 Å². The minimum atomic E-state index is -0.424. The van der Waals surface area contributed by atoms with Gasteiger partial charge in [-0.05, 0) is 35.4 Å². The van der Waals surface area contributed by atoms with Crippen molar-refractivity contribution in [2.45, 2.75) is 12.8 Å². The number of nitro groups is 2. The molecule has 0 aliphatic heterocycles. The Morgan fingerprint density at radius 1 is 0.815 bits per heavy atom. The number of nitro benzene ring substituents is 2. The molecule has 0 radical (unpaired) electrons. The Hall–Kier alpha value is -3.32. The van der Waals surface area contributed by atoms with Crippen molar-refractivity contribution < 1.29 is 14.6 Å². The second kappa shape index (κ2) is 9.40. The fourth-order valence-electron chi connectivity index (χ4n) is 2.69. The van der Waals surface area contributed by atoms with Gasteiger partial charge < -0.3 is 4.74 Å². The predicted octanol–water partition coefficient (Wildman–Crippen LogP) is 4.59. The Labute approximate surface area is 156 Å². The third-order valence-corrected chi connectivity index (χ3v) is 4.10. The summed E-state index contributed by atoms with van der Waals surface area (Å²) in [5.74, 6) is 0. The molecule has 2 rings (SSSR count). The van der Waals surface area contributed by atoms with Gasteiger partial charge in [-0.2, -0.15) is 0 Å². The van der Waals surface area contributed by atoms with Gasteiger partial charge in [0.05, 0.1) is 23.1 Å². The van der Waals surface area contributed by atoms with Crippen LogP contribution in [0.1, 0.15) is 22.3 Å². The molecular formula is C20H20N2O5. The maximum Gasteiger partial charge on any atom is 0.272 e. The van der Waals surface area contributed by atoms with Crippen molar-refractivity contribution >= 4 is 23.5 Å². The lowest BCUT2D eigenvalue weighted by atomic mass is 10.1. The van der Waals surface area contributed by atoms with E-state index in [0.29, 0.717) is 24.0 Å². The van der Waals surface area contributed by atoms with Crippen LogP contribution in [0.2, 0.25) is 0 Å². The van der Waals surface area contributed by atoms with Crippen molar-refractivity contribution in [2.75, 3.05) is 13.2 Å². The van der Waals surface area contributed by atoms with Gasteiger partial charge in [-0.3, -0.25) is 20.2 Å². The fraction of sp³-hybridized carbons (Fsp3) is 0.200. The highest BCUT2D eigenvalue weighted by Gasteiger charge is 2.15. The zero-order chi connectivity index (χ0) is 19.8. The van der Waals surface area contributed by atoms with E-state index in [0.717, 1.165) is 11.1 Å². The van der Waals surface area contributed by atoms with E-state index in [1.807, 2.05) is 0 Å².